The monoisotopic (exact) mass is 776 g/mol. The van der Waals surface area contributed by atoms with E-state index in [0.29, 0.717) is 0 Å². The van der Waals surface area contributed by atoms with Crippen molar-refractivity contribution in [1.29, 1.82) is 0 Å². The number of aliphatic hydroxyl groups excluding tert-OH is 1. The molecule has 23 nitrogen and oxygen atoms in total. The molecule has 0 bridgehead atoms. The van der Waals surface area contributed by atoms with Crippen LogP contribution in [0.4, 0.5) is 0 Å². The number of hydrogen-bond acceptors (Lipinski definition) is 21. The van der Waals surface area contributed by atoms with Gasteiger partial charge in [0.2, 0.25) is 0 Å². The van der Waals surface area contributed by atoms with Gasteiger partial charge in [-0.1, -0.05) is 0 Å². The third-order valence-electron chi connectivity index (χ3n) is 3.33. The van der Waals surface area contributed by atoms with Gasteiger partial charge < -0.3 is 62.3 Å². The Morgan fingerprint density at radius 1 is 0.900 bits per heavy atom. The van der Waals surface area contributed by atoms with Gasteiger partial charge in [0, 0.05) is 39.1 Å². The molecule has 9 atom stereocenters. The first kappa shape index (κ1) is 43.2. The van der Waals surface area contributed by atoms with E-state index < -0.39 is 84.2 Å². The van der Waals surface area contributed by atoms with Crippen molar-refractivity contribution in [2.45, 2.75) is 38.1 Å². The van der Waals surface area contributed by atoms with Crippen molar-refractivity contribution in [2.24, 2.45) is 5.11 Å². The molecule has 1 fully saturated rings. The van der Waals surface area contributed by atoms with Crippen LogP contribution in [0.3, 0.4) is 0 Å². The molecule has 0 aromatic rings. The van der Waals surface area contributed by atoms with Gasteiger partial charge in [0.05, 0.1) is 18.8 Å². The summed E-state index contributed by atoms with van der Waals surface area (Å²) in [5.41, 5.74) is 7.27. The van der Waals surface area contributed by atoms with Crippen LogP contribution in [0.25, 0.3) is 10.4 Å². The summed E-state index contributed by atoms with van der Waals surface area (Å²) in [6.45, 7) is 3.60. The maximum absolute atomic E-state index is 11.6. The molecule has 1 radical (unpaired) electrons. The molecule has 1 heterocycles. The Morgan fingerprint density at radius 2 is 1.27 bits per heavy atom. The second kappa shape index (κ2) is 17.6. The van der Waals surface area contributed by atoms with E-state index in [2.05, 4.69) is 50.1 Å². The van der Waals surface area contributed by atoms with Gasteiger partial charge in [-0.25, -0.2) is 17.2 Å². The van der Waals surface area contributed by atoms with Crippen molar-refractivity contribution in [2.75, 3.05) is 12.8 Å². The zero-order chi connectivity index (χ0) is 30.9. The molecule has 0 aliphatic carbocycles. The number of aliphatic hydroxyl groups is 1. The van der Waals surface area contributed by atoms with E-state index >= 15 is 0 Å². The van der Waals surface area contributed by atoms with Crippen molar-refractivity contribution >= 4 is 46.7 Å². The van der Waals surface area contributed by atoms with Crippen LogP contribution in [0.5, 0.6) is 0 Å². The Labute approximate surface area is 251 Å². The van der Waals surface area contributed by atoms with E-state index in [0.717, 1.165) is 0 Å². The Kier molecular flexibility index (Phi) is 19.0. The van der Waals surface area contributed by atoms with E-state index in [9.17, 15) is 61.9 Å². The van der Waals surface area contributed by atoms with Crippen molar-refractivity contribution in [1.82, 2.24) is 0 Å². The van der Waals surface area contributed by atoms with E-state index in [1.807, 2.05) is 0 Å². The molecule has 0 saturated carbocycles. The molecule has 1 rings (SSSR count). The van der Waals surface area contributed by atoms with E-state index in [1.165, 1.54) is 6.92 Å². The fourth-order valence-electron chi connectivity index (χ4n) is 2.21. The molecule has 1 aliphatic rings. The van der Waals surface area contributed by atoms with Crippen LogP contribution in [0.2, 0.25) is 0 Å². The zero-order valence-electron chi connectivity index (χ0n) is 19.8. The summed E-state index contributed by atoms with van der Waals surface area (Å²) < 4.78 is 94.2. The molecule has 0 aromatic carbocycles. The topological polar surface area (TPSA) is 374 Å². The number of ether oxygens (including phenoxy) is 1. The Morgan fingerprint density at radius 3 is 1.60 bits per heavy atom. The fourth-order valence-corrected chi connectivity index (χ4v) is 10.1. The first-order valence-corrected chi connectivity index (χ1v) is 18.4. The van der Waals surface area contributed by atoms with Gasteiger partial charge in [-0.05, 0) is 23.5 Å². The van der Waals surface area contributed by atoms with Gasteiger partial charge in [-0.2, -0.15) is 6.42 Å². The molecule has 1 N–H and O–H groups in total. The standard InChI is InChI=1S/C9H23O20P6.CH2N3.Y/c1-3-4-30(11,12)25-32(15,16)27-34(19,20)29-35(21,22)28-33(17,18)26-31(13,14)23-6-9-8(10)5-7(2)24-9;1-3-4-2;/h7-10H,1,3-6H2,2H3,(H,11,12)(H,13,14)(H,15,16)(H,17,18)(H,19,20)(H,21,22);1H2;/q2*-1;/p-6/t7-,8?,9+;;/m0../s1. The molecule has 7 unspecified atom stereocenters. The molecule has 0 aromatic heterocycles. The van der Waals surface area contributed by atoms with Crippen LogP contribution in [0, 0.1) is 14.0 Å². The van der Waals surface area contributed by atoms with Crippen molar-refractivity contribution in [3.63, 3.8) is 0 Å². The summed E-state index contributed by atoms with van der Waals surface area (Å²) in [4.78, 5) is 71.0. The predicted molar refractivity (Wildman–Crippen MR) is 111 cm³/mol. The minimum absolute atomic E-state index is 0. The number of phosphoric ester groups is 1. The fraction of sp³-hybridized carbons (Fsp3) is 0.800. The minimum Gasteiger partial charge on any atom is -0.778 e. The molecule has 0 spiro atoms. The normalized spacial score (nSPS) is 27.8. The Bertz CT molecular complexity index is 1160. The molecular formula is C10H19N3O20P6Y-8. The first-order chi connectivity index (χ1) is 17.4. The van der Waals surface area contributed by atoms with Gasteiger partial charge in [0.15, 0.2) is 0 Å². The summed E-state index contributed by atoms with van der Waals surface area (Å²) in [5.74, 6) is 0. The minimum atomic E-state index is -6.73. The van der Waals surface area contributed by atoms with Gasteiger partial charge in [0.25, 0.3) is 39.1 Å². The predicted octanol–water partition coefficient (Wildman–Crippen LogP) is -1.17. The summed E-state index contributed by atoms with van der Waals surface area (Å²) in [7, 11) is -34.7. The zero-order valence-corrected chi connectivity index (χ0v) is 28.0. The summed E-state index contributed by atoms with van der Waals surface area (Å²) >= 11 is 0. The van der Waals surface area contributed by atoms with Gasteiger partial charge in [-0.15, -0.1) is 0 Å². The summed E-state index contributed by atoms with van der Waals surface area (Å²) in [5, 5.41) is 12.3. The number of hydrogen-bond donors (Lipinski definition) is 1. The molecule has 235 valence electrons. The van der Waals surface area contributed by atoms with Crippen LogP contribution in [-0.2, 0) is 90.9 Å². The third kappa shape index (κ3) is 19.4. The van der Waals surface area contributed by atoms with Crippen molar-refractivity contribution in [3.8, 4) is 0 Å². The molecule has 40 heavy (non-hydrogen) atoms. The molecule has 1 saturated heterocycles. The molecule has 30 heteroatoms. The van der Waals surface area contributed by atoms with Gasteiger partial charge in [0.1, 0.15) is 13.7 Å². The quantitative estimate of drug-likeness (QED) is 0.0673. The van der Waals surface area contributed by atoms with Crippen LogP contribution in [0.1, 0.15) is 19.8 Å². The summed E-state index contributed by atoms with van der Waals surface area (Å²) in [6.07, 6.45) is -4.28. The SMILES string of the molecule is [CH2-]CCP(=O)([O-])OP(=O)([O-])OP(=O)([O-])OP(=O)([O-])OP(=O)([O-])OP(=O)([O-])OC[C@H]1O[C@@H](C)CC1O.[CH2-]N=[N+]=[N-].[Y]. The van der Waals surface area contributed by atoms with E-state index in [1.54, 1.807) is 0 Å². The maximum atomic E-state index is 11.6. The summed E-state index contributed by atoms with van der Waals surface area (Å²) in [6, 6.07) is 0. The Hall–Kier alpha value is 1.10. The largest absolute Gasteiger partial charge is 0.778 e. The third-order valence-corrected chi connectivity index (χ3v) is 12.9. The second-order valence-electron chi connectivity index (χ2n) is 6.65. The first-order valence-electron chi connectivity index (χ1n) is 9.39. The van der Waals surface area contributed by atoms with Gasteiger partial charge >= 0.3 is 0 Å². The number of nitrogens with zero attached hydrogens (tertiary/aromatic N) is 3. The average Bonchev–Trinajstić information content (AvgIpc) is 2.98. The smallest absolute Gasteiger partial charge is 0.280 e. The number of phosphoric acid groups is 5. The van der Waals surface area contributed by atoms with Crippen LogP contribution >= 0.6 is 46.7 Å². The number of rotatable bonds is 15. The van der Waals surface area contributed by atoms with Crippen molar-refractivity contribution in [3.05, 3.63) is 24.4 Å². The van der Waals surface area contributed by atoms with Crippen LogP contribution < -0.4 is 29.4 Å². The maximum Gasteiger partial charge on any atom is 0.280 e. The van der Waals surface area contributed by atoms with E-state index in [4.69, 9.17) is 10.3 Å². The molecule has 1 aliphatic heterocycles. The second-order valence-corrected chi connectivity index (χ2v) is 16.3. The van der Waals surface area contributed by atoms with E-state index in [-0.39, 0.29) is 39.1 Å². The molecular weight excluding hydrogens is 757 g/mol. The molecule has 0 amide bonds. The van der Waals surface area contributed by atoms with Crippen molar-refractivity contribution < 1.29 is 125 Å². The average molecular weight is 776 g/mol. The van der Waals surface area contributed by atoms with Gasteiger partial charge in [-0.3, -0.25) is 32.3 Å². The van der Waals surface area contributed by atoms with Crippen LogP contribution in [-0.4, -0.2) is 36.2 Å². The van der Waals surface area contributed by atoms with Crippen LogP contribution in [0.15, 0.2) is 5.11 Å². The Balaban J connectivity index is 0. The number of azide groups is 1.